The van der Waals surface area contributed by atoms with Gasteiger partial charge in [0.05, 0.1) is 59.5 Å². The number of ether oxygens (including phenoxy) is 2. The van der Waals surface area contributed by atoms with Crippen LogP contribution in [-0.2, 0) is 42.6 Å². The van der Waals surface area contributed by atoms with E-state index >= 15 is 0 Å². The summed E-state index contributed by atoms with van der Waals surface area (Å²) in [5, 5.41) is 31.6. The monoisotopic (exact) mass is 1170 g/mol. The lowest BCUT2D eigenvalue weighted by atomic mass is 9.83. The molecule has 0 radical (unpaired) electrons. The molecule has 4 aromatic rings. The molecule has 4 atom stereocenters. The Morgan fingerprint density at radius 1 is 0.588 bits per heavy atom. The van der Waals surface area contributed by atoms with Crippen molar-refractivity contribution >= 4 is 55.3 Å². The maximum Gasteiger partial charge on any atom is 0.314 e. The molecule has 0 aromatic heterocycles. The van der Waals surface area contributed by atoms with Crippen LogP contribution in [0.4, 0.5) is 9.59 Å². The Balaban J connectivity index is 0.615. The van der Waals surface area contributed by atoms with Gasteiger partial charge < -0.3 is 40.5 Å². The molecular weight excluding hydrogens is 1100 g/mol. The molecular formula is C56H72Cl2N12O8S2. The molecule has 2 fully saturated rings. The van der Waals surface area contributed by atoms with Gasteiger partial charge in [-0.25, -0.2) is 35.9 Å². The number of likely N-dealkylation sites (N-methyl/N-ethyl adjacent to an activating group) is 2. The molecule has 0 aliphatic carbocycles. The summed E-state index contributed by atoms with van der Waals surface area (Å²) in [5.74, 6) is -0.286. The number of unbranched alkanes of at least 4 members (excludes halogenated alkanes) is 1. The highest BCUT2D eigenvalue weighted by Gasteiger charge is 2.33. The summed E-state index contributed by atoms with van der Waals surface area (Å²) in [7, 11) is -3.65. The zero-order chi connectivity index (χ0) is 56.8. The predicted octanol–water partition coefficient (Wildman–Crippen LogP) is 4.71. The van der Waals surface area contributed by atoms with Crippen LogP contribution in [0.3, 0.4) is 0 Å². The number of likely N-dealkylation sites (tertiary alicyclic amines) is 2. The van der Waals surface area contributed by atoms with Gasteiger partial charge in [0.1, 0.15) is 0 Å². The molecule has 0 bridgehead atoms. The summed E-state index contributed by atoms with van der Waals surface area (Å²) in [6, 6.07) is 24.5. The molecule has 4 amide bonds. The molecule has 0 saturated carbocycles. The van der Waals surface area contributed by atoms with Crippen LogP contribution in [-0.4, -0.2) is 180 Å². The van der Waals surface area contributed by atoms with Crippen molar-refractivity contribution in [3.05, 3.63) is 127 Å². The van der Waals surface area contributed by atoms with Crippen molar-refractivity contribution in [2.24, 2.45) is 0 Å². The fourth-order valence-corrected chi connectivity index (χ4v) is 14.1. The summed E-state index contributed by atoms with van der Waals surface area (Å²) >= 11 is 12.8. The van der Waals surface area contributed by atoms with Crippen LogP contribution >= 0.6 is 23.2 Å². The Morgan fingerprint density at radius 3 is 1.41 bits per heavy atom. The van der Waals surface area contributed by atoms with Crippen molar-refractivity contribution in [1.29, 1.82) is 10.5 Å². The molecule has 4 aliphatic rings. The van der Waals surface area contributed by atoms with Crippen molar-refractivity contribution < 1.29 is 35.9 Å². The SMILES string of the molecule is CN1Cc2c(C#N)cc(Cl)cc2C(c2cccc(S(=O)(=O)N[C@H]3CCN(CCOCCNC(=O)NCCCCNC(=O)NCCOCCN4CC[C@H](NS(=O)(=O)c5cccc(C6CN(C)Cc7c(C#N)cc(Cl)cc76)c5)C4)C3)c2)C1. The highest BCUT2D eigenvalue weighted by molar-refractivity contribution is 7.89. The van der Waals surface area contributed by atoms with Crippen LogP contribution in [0, 0.1) is 22.7 Å². The zero-order valence-corrected chi connectivity index (χ0v) is 48.5. The first-order chi connectivity index (χ1) is 38.5. The number of sulfonamides is 2. The molecule has 0 spiro atoms. The van der Waals surface area contributed by atoms with E-state index in [1.165, 1.54) is 0 Å². The molecule has 4 heterocycles. The van der Waals surface area contributed by atoms with Crippen LogP contribution in [0.25, 0.3) is 0 Å². The first-order valence-electron chi connectivity index (χ1n) is 27.2. The average molecular weight is 1180 g/mol. The topological polar surface area (TPSA) is 254 Å². The van der Waals surface area contributed by atoms with E-state index in [9.17, 15) is 36.9 Å². The highest BCUT2D eigenvalue weighted by Crippen LogP contribution is 2.39. The van der Waals surface area contributed by atoms with E-state index in [-0.39, 0.29) is 45.8 Å². The fourth-order valence-electron chi connectivity index (χ4n) is 11.0. The lowest BCUT2D eigenvalue weighted by molar-refractivity contribution is 0.113. The molecule has 20 nitrogen and oxygen atoms in total. The van der Waals surface area contributed by atoms with E-state index in [0.717, 1.165) is 46.5 Å². The van der Waals surface area contributed by atoms with Crippen LogP contribution < -0.4 is 30.7 Å². The van der Waals surface area contributed by atoms with Crippen LogP contribution in [0.1, 0.15) is 82.0 Å². The van der Waals surface area contributed by atoms with Crippen LogP contribution in [0.2, 0.25) is 10.0 Å². The number of rotatable bonds is 25. The van der Waals surface area contributed by atoms with Crippen LogP contribution in [0.15, 0.2) is 82.6 Å². The Morgan fingerprint density at radius 2 is 1.00 bits per heavy atom. The van der Waals surface area contributed by atoms with E-state index in [1.54, 1.807) is 48.5 Å². The van der Waals surface area contributed by atoms with Crippen molar-refractivity contribution in [3.63, 3.8) is 0 Å². The summed E-state index contributed by atoms with van der Waals surface area (Å²) < 4.78 is 71.7. The minimum absolute atomic E-state index is 0.143. The van der Waals surface area contributed by atoms with Gasteiger partial charge in [0.25, 0.3) is 0 Å². The number of urea groups is 2. The van der Waals surface area contributed by atoms with Gasteiger partial charge in [-0.2, -0.15) is 10.5 Å². The number of benzene rings is 4. The Labute approximate surface area is 480 Å². The number of carbonyl (C=O) groups is 2. The maximum absolute atomic E-state index is 13.6. The van der Waals surface area contributed by atoms with Crippen molar-refractivity contribution in [2.45, 2.75) is 72.5 Å². The molecule has 430 valence electrons. The Bertz CT molecular complexity index is 2940. The second-order valence-electron chi connectivity index (χ2n) is 21.0. The predicted molar refractivity (Wildman–Crippen MR) is 306 cm³/mol. The number of nitriles is 2. The highest BCUT2D eigenvalue weighted by atomic mass is 35.5. The minimum Gasteiger partial charge on any atom is -0.378 e. The number of fused-ring (bicyclic) bond motifs is 2. The first-order valence-corrected chi connectivity index (χ1v) is 30.9. The van der Waals surface area contributed by atoms with Gasteiger partial charge in [0, 0.05) is 113 Å². The molecule has 8 rings (SSSR count). The number of nitrogens with one attached hydrogen (secondary N) is 6. The summed E-state index contributed by atoms with van der Waals surface area (Å²) in [4.78, 5) is 33.5. The molecule has 4 aliphatic heterocycles. The van der Waals surface area contributed by atoms with E-state index in [2.05, 4.69) is 62.4 Å². The summed E-state index contributed by atoms with van der Waals surface area (Å²) in [6.45, 7) is 9.40. The number of amides is 4. The Kier molecular flexibility index (Phi) is 21.6. The van der Waals surface area contributed by atoms with E-state index in [4.69, 9.17) is 32.7 Å². The van der Waals surface area contributed by atoms with Gasteiger partial charge in [0.2, 0.25) is 20.0 Å². The van der Waals surface area contributed by atoms with Crippen molar-refractivity contribution in [1.82, 2.24) is 50.3 Å². The second-order valence-corrected chi connectivity index (χ2v) is 25.3. The standard InChI is InChI=1S/C56H72Cl2N12O8S2/c1-67-35-51(49-29-43(57)25-41(31-59)53(49)37-67)39-7-5-9-47(27-39)79(73,74)65-45-11-17-69(33-45)19-23-77-21-15-63-55(71)61-13-3-4-14-62-56(72)64-16-22-78-24-20-70-18-12-46(34-70)66-80(75,76)48-10-6-8-40(28-48)52-36-68(2)38-54-42(32-60)26-44(58)30-50(52)54/h5-10,25-30,45-46,51-52,65-66H,3-4,11-24,33-38H2,1-2H3,(H2,61,63,71)(H2,62,64,72)/t45-,46-,51?,52?/m0/s1. The summed E-state index contributed by atoms with van der Waals surface area (Å²) in [5.41, 5.74) is 6.46. The maximum atomic E-state index is 13.6. The number of halogens is 2. The minimum atomic E-state index is -3.81. The quantitative estimate of drug-likeness (QED) is 0.0492. The van der Waals surface area contributed by atoms with E-state index in [1.807, 2.05) is 38.4 Å². The normalized spacial score (nSPS) is 19.9. The number of carbonyl (C=O) groups excluding carboxylic acids is 2. The number of nitrogens with zero attached hydrogens (tertiary/aromatic N) is 6. The first kappa shape index (κ1) is 60.7. The zero-order valence-electron chi connectivity index (χ0n) is 45.3. The average Bonchev–Trinajstić information content (AvgIpc) is 4.11. The third kappa shape index (κ3) is 16.6. The van der Waals surface area contributed by atoms with Gasteiger partial charge >= 0.3 is 12.1 Å². The van der Waals surface area contributed by atoms with Crippen molar-refractivity contribution in [2.75, 3.05) is 119 Å². The largest absolute Gasteiger partial charge is 0.378 e. The molecule has 2 saturated heterocycles. The summed E-state index contributed by atoms with van der Waals surface area (Å²) in [6.07, 6.45) is 2.67. The third-order valence-electron chi connectivity index (χ3n) is 15.0. The molecule has 2 unspecified atom stereocenters. The van der Waals surface area contributed by atoms with Gasteiger partial charge in [-0.15, -0.1) is 0 Å². The lowest BCUT2D eigenvalue weighted by Gasteiger charge is -2.33. The van der Waals surface area contributed by atoms with E-state index < -0.39 is 20.0 Å². The third-order valence-corrected chi connectivity index (χ3v) is 18.5. The van der Waals surface area contributed by atoms with Gasteiger partial charge in [-0.1, -0.05) is 47.5 Å². The molecule has 4 aromatic carbocycles. The molecule has 24 heteroatoms. The molecule has 80 heavy (non-hydrogen) atoms. The smallest absolute Gasteiger partial charge is 0.314 e. The second kappa shape index (κ2) is 28.5. The van der Waals surface area contributed by atoms with Gasteiger partial charge in [0.15, 0.2) is 0 Å². The fraction of sp³-hybridized carbons (Fsp3) is 0.500. The van der Waals surface area contributed by atoms with Crippen molar-refractivity contribution in [3.8, 4) is 12.1 Å². The number of hydrogen-bond donors (Lipinski definition) is 6. The molecule has 6 N–H and O–H groups in total. The van der Waals surface area contributed by atoms with Gasteiger partial charge in [-0.05, 0) is 135 Å². The lowest BCUT2D eigenvalue weighted by Crippen LogP contribution is -2.39. The van der Waals surface area contributed by atoms with Crippen LogP contribution in [0.5, 0.6) is 0 Å². The Hall–Kier alpha value is -5.44. The number of hydrogen-bond acceptors (Lipinski definition) is 14. The van der Waals surface area contributed by atoms with E-state index in [0.29, 0.717) is 152 Å². The van der Waals surface area contributed by atoms with Gasteiger partial charge in [-0.3, -0.25) is 9.80 Å².